The number of pyridine rings is 1. The van der Waals surface area contributed by atoms with Crippen LogP contribution in [0.25, 0.3) is 17.2 Å². The van der Waals surface area contributed by atoms with Gasteiger partial charge in [-0.05, 0) is 44.9 Å². The van der Waals surface area contributed by atoms with Crippen molar-refractivity contribution in [2.45, 2.75) is 38.1 Å². The number of nitrogens with one attached hydrogen (secondary N) is 1. The molecule has 3 aromatic heterocycles. The average molecular weight is 324 g/mol. The Morgan fingerprint density at radius 1 is 1.38 bits per heavy atom. The summed E-state index contributed by atoms with van der Waals surface area (Å²) in [5, 5.41) is 7.64. The monoisotopic (exact) mass is 324 g/mol. The fourth-order valence-corrected chi connectivity index (χ4v) is 3.09. The largest absolute Gasteiger partial charge is 0.339 e. The van der Waals surface area contributed by atoms with Crippen molar-refractivity contribution in [3.63, 3.8) is 0 Å². The fourth-order valence-electron chi connectivity index (χ4n) is 3.09. The van der Waals surface area contributed by atoms with Gasteiger partial charge in [0.05, 0.1) is 0 Å². The van der Waals surface area contributed by atoms with Crippen LogP contribution in [0.4, 0.5) is 0 Å². The Morgan fingerprint density at radius 3 is 3.04 bits per heavy atom. The third-order valence-electron chi connectivity index (χ3n) is 4.59. The molecular weight excluding hydrogens is 304 g/mol. The van der Waals surface area contributed by atoms with Gasteiger partial charge in [0.25, 0.3) is 0 Å². The zero-order valence-corrected chi connectivity index (χ0v) is 13.6. The Kier molecular flexibility index (Phi) is 3.86. The summed E-state index contributed by atoms with van der Waals surface area (Å²) < 4.78 is 7.24. The van der Waals surface area contributed by atoms with Crippen molar-refractivity contribution in [3.8, 4) is 17.2 Å². The number of hydrogen-bond donors (Lipinski definition) is 1. The standard InChI is InChI=1S/C17H20N6O/c1-17(6-2-8-20-17)7-5-15-21-16(22-24-15)13-3-4-14(19-11-13)23-10-9-18-12-23/h3-4,9-12,20H,2,5-8H2,1H3/t17-/m0/s1. The zero-order chi connectivity index (χ0) is 16.4. The highest BCUT2D eigenvalue weighted by Crippen LogP contribution is 2.24. The SMILES string of the molecule is C[C@@]1(CCc2nc(-c3ccc(-n4ccnc4)nc3)no2)CCCN1. The normalized spacial score (nSPS) is 20.5. The number of aryl methyl sites for hydroxylation is 1. The molecular formula is C17H20N6O. The number of hydrogen-bond acceptors (Lipinski definition) is 6. The highest BCUT2D eigenvalue weighted by atomic mass is 16.5. The van der Waals surface area contributed by atoms with E-state index in [0.29, 0.717) is 11.7 Å². The Morgan fingerprint density at radius 2 is 2.33 bits per heavy atom. The first-order valence-electron chi connectivity index (χ1n) is 8.24. The maximum absolute atomic E-state index is 5.39. The summed E-state index contributed by atoms with van der Waals surface area (Å²) in [6, 6.07) is 3.85. The van der Waals surface area contributed by atoms with Gasteiger partial charge in [0, 0.05) is 36.1 Å². The summed E-state index contributed by atoms with van der Waals surface area (Å²) in [4.78, 5) is 12.9. The van der Waals surface area contributed by atoms with Gasteiger partial charge in [0.15, 0.2) is 0 Å². The van der Waals surface area contributed by atoms with E-state index in [1.807, 2.05) is 22.9 Å². The molecule has 0 bridgehead atoms. The Balaban J connectivity index is 1.44. The topological polar surface area (TPSA) is 81.7 Å². The fraction of sp³-hybridized carbons (Fsp3) is 0.412. The second-order valence-electron chi connectivity index (χ2n) is 6.48. The van der Waals surface area contributed by atoms with Gasteiger partial charge in [0.1, 0.15) is 12.1 Å². The molecule has 0 spiro atoms. The predicted octanol–water partition coefficient (Wildman–Crippen LogP) is 2.39. The van der Waals surface area contributed by atoms with Crippen LogP contribution in [0.15, 0.2) is 41.6 Å². The van der Waals surface area contributed by atoms with Crippen LogP contribution in [0.2, 0.25) is 0 Å². The van der Waals surface area contributed by atoms with E-state index in [2.05, 4.69) is 32.3 Å². The lowest BCUT2D eigenvalue weighted by atomic mass is 9.94. The van der Waals surface area contributed by atoms with Crippen molar-refractivity contribution >= 4 is 0 Å². The molecule has 1 saturated heterocycles. The van der Waals surface area contributed by atoms with Crippen molar-refractivity contribution in [1.29, 1.82) is 0 Å². The van der Waals surface area contributed by atoms with Crippen LogP contribution in [0.3, 0.4) is 0 Å². The summed E-state index contributed by atoms with van der Waals surface area (Å²) in [6.45, 7) is 3.36. The van der Waals surface area contributed by atoms with Gasteiger partial charge < -0.3 is 9.84 Å². The number of nitrogens with zero attached hydrogens (tertiary/aromatic N) is 5. The van der Waals surface area contributed by atoms with Crippen LogP contribution in [0.1, 0.15) is 32.1 Å². The lowest BCUT2D eigenvalue weighted by Crippen LogP contribution is -2.36. The quantitative estimate of drug-likeness (QED) is 0.776. The number of imidazole rings is 1. The Labute approximate surface area is 140 Å². The third kappa shape index (κ3) is 3.07. The lowest BCUT2D eigenvalue weighted by molar-refractivity contribution is 0.334. The summed E-state index contributed by atoms with van der Waals surface area (Å²) in [7, 11) is 0. The maximum atomic E-state index is 5.39. The van der Waals surface area contributed by atoms with E-state index in [0.717, 1.165) is 30.8 Å². The predicted molar refractivity (Wildman–Crippen MR) is 88.6 cm³/mol. The summed E-state index contributed by atoms with van der Waals surface area (Å²) in [5.74, 6) is 2.07. The van der Waals surface area contributed by atoms with Crippen LogP contribution in [0.5, 0.6) is 0 Å². The maximum Gasteiger partial charge on any atom is 0.227 e. The molecule has 7 nitrogen and oxygen atoms in total. The first-order valence-corrected chi connectivity index (χ1v) is 8.24. The molecule has 0 amide bonds. The molecule has 1 fully saturated rings. The average Bonchev–Trinajstić information content (AvgIpc) is 3.35. The minimum absolute atomic E-state index is 0.197. The third-order valence-corrected chi connectivity index (χ3v) is 4.59. The van der Waals surface area contributed by atoms with Crippen LogP contribution in [-0.2, 0) is 6.42 Å². The van der Waals surface area contributed by atoms with Gasteiger partial charge in [-0.3, -0.25) is 4.57 Å². The summed E-state index contributed by atoms with van der Waals surface area (Å²) in [5.41, 5.74) is 1.04. The molecule has 0 unspecified atom stereocenters. The minimum atomic E-state index is 0.197. The van der Waals surface area contributed by atoms with Crippen LogP contribution in [-0.4, -0.2) is 36.8 Å². The molecule has 0 radical (unpaired) electrons. The van der Waals surface area contributed by atoms with E-state index in [4.69, 9.17) is 4.52 Å². The number of aromatic nitrogens is 5. The molecule has 1 atom stereocenters. The molecule has 124 valence electrons. The second kappa shape index (κ2) is 6.16. The Hall–Kier alpha value is -2.54. The summed E-state index contributed by atoms with van der Waals surface area (Å²) >= 11 is 0. The van der Waals surface area contributed by atoms with Gasteiger partial charge in [-0.1, -0.05) is 5.16 Å². The molecule has 7 heteroatoms. The van der Waals surface area contributed by atoms with Crippen molar-refractivity contribution < 1.29 is 4.52 Å². The molecule has 0 aliphatic carbocycles. The zero-order valence-electron chi connectivity index (χ0n) is 13.6. The van der Waals surface area contributed by atoms with E-state index in [1.165, 1.54) is 12.8 Å². The van der Waals surface area contributed by atoms with E-state index in [9.17, 15) is 0 Å². The van der Waals surface area contributed by atoms with Crippen LogP contribution in [0, 0.1) is 0 Å². The molecule has 24 heavy (non-hydrogen) atoms. The molecule has 1 N–H and O–H groups in total. The molecule has 3 aromatic rings. The Bertz CT molecular complexity index is 787. The second-order valence-corrected chi connectivity index (χ2v) is 6.48. The summed E-state index contributed by atoms with van der Waals surface area (Å²) in [6.07, 6.45) is 11.3. The first-order chi connectivity index (χ1) is 11.7. The molecule has 1 aliphatic heterocycles. The number of rotatable bonds is 5. The van der Waals surface area contributed by atoms with Gasteiger partial charge >= 0.3 is 0 Å². The molecule has 0 aromatic carbocycles. The highest BCUT2D eigenvalue weighted by Gasteiger charge is 2.28. The van der Waals surface area contributed by atoms with Gasteiger partial charge in [0.2, 0.25) is 11.7 Å². The van der Waals surface area contributed by atoms with Gasteiger partial charge in [-0.2, -0.15) is 4.98 Å². The minimum Gasteiger partial charge on any atom is -0.339 e. The van der Waals surface area contributed by atoms with E-state index in [-0.39, 0.29) is 5.54 Å². The molecule has 4 rings (SSSR count). The van der Waals surface area contributed by atoms with Crippen LogP contribution < -0.4 is 5.32 Å². The van der Waals surface area contributed by atoms with E-state index >= 15 is 0 Å². The lowest BCUT2D eigenvalue weighted by Gasteiger charge is -2.23. The molecule has 0 saturated carbocycles. The van der Waals surface area contributed by atoms with Gasteiger partial charge in [-0.15, -0.1) is 0 Å². The highest BCUT2D eigenvalue weighted by molar-refractivity contribution is 5.53. The van der Waals surface area contributed by atoms with Gasteiger partial charge in [-0.25, -0.2) is 9.97 Å². The van der Waals surface area contributed by atoms with Crippen molar-refractivity contribution in [3.05, 3.63) is 42.9 Å². The molecule has 1 aliphatic rings. The molecule has 4 heterocycles. The first kappa shape index (κ1) is 15.0. The smallest absolute Gasteiger partial charge is 0.227 e. The van der Waals surface area contributed by atoms with E-state index in [1.54, 1.807) is 18.7 Å². The van der Waals surface area contributed by atoms with Crippen molar-refractivity contribution in [1.82, 2.24) is 30.0 Å². The van der Waals surface area contributed by atoms with E-state index < -0.39 is 0 Å². The van der Waals surface area contributed by atoms with Crippen molar-refractivity contribution in [2.75, 3.05) is 6.54 Å². The van der Waals surface area contributed by atoms with Crippen LogP contribution >= 0.6 is 0 Å². The van der Waals surface area contributed by atoms with Crippen molar-refractivity contribution in [2.24, 2.45) is 0 Å².